The molecular formula is C44H54Cl2N2O10. The van der Waals surface area contributed by atoms with Gasteiger partial charge in [-0.05, 0) is 82.1 Å². The summed E-state index contributed by atoms with van der Waals surface area (Å²) < 4.78 is 19.3. The Morgan fingerprint density at radius 2 is 1.86 bits per heavy atom. The number of aliphatic hydroxyl groups excluding tert-OH is 2. The quantitative estimate of drug-likeness (QED) is 0.104. The van der Waals surface area contributed by atoms with Crippen molar-refractivity contribution in [2.45, 2.75) is 122 Å². The van der Waals surface area contributed by atoms with E-state index in [1.54, 1.807) is 13.0 Å². The van der Waals surface area contributed by atoms with Crippen molar-refractivity contribution >= 4 is 46.8 Å². The lowest BCUT2D eigenvalue weighted by molar-refractivity contribution is -0.258. The second-order valence-electron chi connectivity index (χ2n) is 17.2. The van der Waals surface area contributed by atoms with Crippen molar-refractivity contribution in [1.82, 2.24) is 10.3 Å². The number of aliphatic carboxylic acids is 1. The fraction of sp³-hybridized carbons (Fsp3) is 0.591. The molecule has 2 saturated heterocycles. The molecule has 0 aromatic carbocycles. The van der Waals surface area contributed by atoms with Crippen molar-refractivity contribution in [3.8, 4) is 0 Å². The number of carboxylic acids is 1. The van der Waals surface area contributed by atoms with Crippen LogP contribution in [0.15, 0.2) is 65.0 Å². The van der Waals surface area contributed by atoms with Crippen LogP contribution in [0.3, 0.4) is 0 Å². The predicted octanol–water partition coefficient (Wildman–Crippen LogP) is 7.58. The summed E-state index contributed by atoms with van der Waals surface area (Å²) in [5.41, 5.74) is -1.91. The number of fused-ring (bicyclic) bond motifs is 4. The highest BCUT2D eigenvalue weighted by atomic mass is 35.5. The molecule has 5 N–H and O–H groups in total. The minimum Gasteiger partial charge on any atom is -0.511 e. The number of ether oxygens (including phenoxy) is 3. The molecule has 14 heteroatoms. The molecule has 2 bridgehead atoms. The number of H-pyrrole nitrogens is 1. The van der Waals surface area contributed by atoms with Crippen LogP contribution in [0.5, 0.6) is 0 Å². The fourth-order valence-electron chi connectivity index (χ4n) is 10.9. The summed E-state index contributed by atoms with van der Waals surface area (Å²) in [6.45, 7) is 9.60. The number of allylic oxidation sites excluding steroid dienone is 5. The molecule has 4 aliphatic carbocycles. The van der Waals surface area contributed by atoms with Crippen molar-refractivity contribution in [1.29, 1.82) is 0 Å². The van der Waals surface area contributed by atoms with Crippen LogP contribution in [0, 0.1) is 40.9 Å². The molecule has 9 unspecified atom stereocenters. The van der Waals surface area contributed by atoms with Gasteiger partial charge in [0.1, 0.15) is 22.2 Å². The Morgan fingerprint density at radius 3 is 2.52 bits per heavy atom. The van der Waals surface area contributed by atoms with Crippen molar-refractivity contribution in [2.24, 2.45) is 40.9 Å². The topological polar surface area (TPSA) is 184 Å². The van der Waals surface area contributed by atoms with Crippen molar-refractivity contribution in [2.75, 3.05) is 0 Å². The summed E-state index contributed by atoms with van der Waals surface area (Å²) in [6, 6.07) is 0.667. The van der Waals surface area contributed by atoms with Crippen LogP contribution in [0.25, 0.3) is 0 Å². The van der Waals surface area contributed by atoms with Gasteiger partial charge in [0.25, 0.3) is 5.91 Å². The van der Waals surface area contributed by atoms with E-state index >= 15 is 0 Å². The summed E-state index contributed by atoms with van der Waals surface area (Å²) in [4.78, 5) is 57.2. The fourth-order valence-corrected chi connectivity index (χ4v) is 11.4. The van der Waals surface area contributed by atoms with Gasteiger partial charge in [-0.2, -0.15) is 0 Å². The van der Waals surface area contributed by atoms with Gasteiger partial charge in [-0.25, -0.2) is 9.59 Å². The normalized spacial score (nSPS) is 41.6. The number of Topliss-reactive ketones (excluding diaryl/α,β-unsaturated/α-hetero) is 1. The number of ketones is 1. The van der Waals surface area contributed by atoms with E-state index in [1.807, 2.05) is 26.8 Å². The molecule has 3 fully saturated rings. The third-order valence-electron chi connectivity index (χ3n) is 14.0. The summed E-state index contributed by atoms with van der Waals surface area (Å²) in [5.74, 6) is -5.46. The van der Waals surface area contributed by atoms with Gasteiger partial charge >= 0.3 is 11.9 Å². The molecule has 314 valence electrons. The zero-order valence-corrected chi connectivity index (χ0v) is 35.0. The van der Waals surface area contributed by atoms with Gasteiger partial charge in [0, 0.05) is 35.7 Å². The van der Waals surface area contributed by atoms with Crippen LogP contribution in [-0.2, 0) is 28.6 Å². The first kappa shape index (κ1) is 42.4. The zero-order chi connectivity index (χ0) is 41.8. The maximum absolute atomic E-state index is 14.9. The summed E-state index contributed by atoms with van der Waals surface area (Å²) >= 11 is 12.2. The third kappa shape index (κ3) is 7.20. The maximum Gasteiger partial charge on any atom is 0.346 e. The average Bonchev–Trinajstić information content (AvgIpc) is 3.64. The molecule has 2 aliphatic heterocycles. The van der Waals surface area contributed by atoms with Gasteiger partial charge in [0.05, 0.1) is 29.4 Å². The smallest absolute Gasteiger partial charge is 0.346 e. The Kier molecular flexibility index (Phi) is 12.0. The molecule has 1 aromatic heterocycles. The number of aromatic amines is 1. The highest BCUT2D eigenvalue weighted by Crippen LogP contribution is 2.60. The second-order valence-corrected chi connectivity index (χ2v) is 18.0. The number of esters is 1. The number of halogens is 2. The number of aromatic nitrogens is 1. The number of carbonyl (C=O) groups excluding carboxylic acids is 3. The van der Waals surface area contributed by atoms with E-state index in [-0.39, 0.29) is 69.3 Å². The maximum atomic E-state index is 14.9. The average molecular weight is 842 g/mol. The molecule has 1 amide bonds. The van der Waals surface area contributed by atoms with E-state index in [4.69, 9.17) is 37.4 Å². The first-order valence-corrected chi connectivity index (χ1v) is 21.3. The van der Waals surface area contributed by atoms with E-state index in [2.05, 4.69) is 41.5 Å². The Morgan fingerprint density at radius 1 is 1.10 bits per heavy atom. The lowest BCUT2D eigenvalue weighted by atomic mass is 9.51. The van der Waals surface area contributed by atoms with Crippen LogP contribution in [0.1, 0.15) is 96.5 Å². The van der Waals surface area contributed by atoms with Crippen LogP contribution >= 0.6 is 23.2 Å². The Balaban J connectivity index is 1.22. The summed E-state index contributed by atoms with van der Waals surface area (Å²) in [5, 5.41) is 37.4. The molecule has 58 heavy (non-hydrogen) atoms. The number of hydrogen-bond acceptors (Lipinski definition) is 9. The molecule has 12 nitrogen and oxygen atoms in total. The van der Waals surface area contributed by atoms with Crippen molar-refractivity contribution < 1.29 is 48.7 Å². The van der Waals surface area contributed by atoms with E-state index in [0.29, 0.717) is 32.1 Å². The largest absolute Gasteiger partial charge is 0.511 e. The summed E-state index contributed by atoms with van der Waals surface area (Å²) in [6.07, 6.45) is 12.3. The van der Waals surface area contributed by atoms with Crippen LogP contribution in [0.4, 0.5) is 0 Å². The van der Waals surface area contributed by atoms with Crippen molar-refractivity contribution in [3.63, 3.8) is 0 Å². The molecule has 13 atom stereocenters. The predicted molar refractivity (Wildman–Crippen MR) is 216 cm³/mol. The summed E-state index contributed by atoms with van der Waals surface area (Å²) in [7, 11) is 0. The monoisotopic (exact) mass is 840 g/mol. The minimum atomic E-state index is -1.69. The van der Waals surface area contributed by atoms with Gasteiger partial charge in [-0.15, -0.1) is 0 Å². The zero-order valence-electron chi connectivity index (χ0n) is 33.5. The van der Waals surface area contributed by atoms with Crippen LogP contribution in [-0.4, -0.2) is 80.2 Å². The third-order valence-corrected chi connectivity index (χ3v) is 14.5. The van der Waals surface area contributed by atoms with Gasteiger partial charge in [-0.1, -0.05) is 86.0 Å². The van der Waals surface area contributed by atoms with Gasteiger partial charge in [0.2, 0.25) is 5.78 Å². The first-order valence-electron chi connectivity index (χ1n) is 20.6. The molecule has 1 aromatic rings. The van der Waals surface area contributed by atoms with Crippen LogP contribution in [0.2, 0.25) is 10.2 Å². The molecule has 7 rings (SSSR count). The van der Waals surface area contributed by atoms with Gasteiger partial charge < -0.3 is 39.8 Å². The Hall–Kier alpha value is -3.68. The lowest BCUT2D eigenvalue weighted by Gasteiger charge is -2.55. The van der Waals surface area contributed by atoms with E-state index in [0.717, 1.165) is 12.0 Å². The Labute approximate surface area is 348 Å². The number of carbonyl (C=O) groups is 4. The SMILES string of the molecule is CCC1CC23OC(=O)/C(=C(\O)C4(CC)C(C=CC5C(O[C@H]6C[C@@H](O)[C@H](NC(=O)c7[nH]c(Cl)cc7Cl)[C@@H](C)O6)C(C)CCC54)C/C=C/C/C(C)=C/C2C=C1C(=O)O)C3=O. The van der Waals surface area contributed by atoms with Crippen molar-refractivity contribution in [3.05, 3.63) is 80.9 Å². The number of hydrogen-bond donors (Lipinski definition) is 5. The van der Waals surface area contributed by atoms with E-state index in [1.165, 1.54) is 6.07 Å². The lowest BCUT2D eigenvalue weighted by Crippen LogP contribution is -2.58. The molecule has 1 spiro atoms. The number of carboxylic acid groups (broad SMARTS) is 1. The highest BCUT2D eigenvalue weighted by Gasteiger charge is 2.63. The van der Waals surface area contributed by atoms with E-state index < -0.39 is 77.1 Å². The first-order chi connectivity index (χ1) is 27.6. The molecular weight excluding hydrogens is 787 g/mol. The number of rotatable bonds is 7. The molecule has 6 aliphatic rings. The molecule has 1 saturated carbocycles. The van der Waals surface area contributed by atoms with Gasteiger partial charge in [0.15, 0.2) is 11.9 Å². The van der Waals surface area contributed by atoms with E-state index in [9.17, 15) is 34.5 Å². The number of nitrogens with one attached hydrogen (secondary N) is 2. The van der Waals surface area contributed by atoms with Crippen LogP contribution < -0.4 is 5.32 Å². The van der Waals surface area contributed by atoms with Gasteiger partial charge in [-0.3, -0.25) is 9.59 Å². The standard InChI is InChI=1S/C44H54Cl2N2O10/c1-6-24-20-44-26(17-28(24)41(53)54)16-21(3)10-8-9-11-25-13-14-27-29(43(25,7-2)38(50)34(39(44)51)42(55)58-44)15-12-22(4)37(27)57-33-19-31(49)35(23(5)56-33)48-40(52)36-30(45)18-32(46)47-36/h8-9,13-14,16-18,22-27,29,31,33,35,37,47,49-50H,6-7,10-12,15,19-20H2,1-5H3,(H,48,52)(H,53,54)/b9-8+,21-16+,38-34-/t22?,23-,24?,25?,26?,27?,29?,31-,33+,35-,37?,43?,44?/m1/s1. The Bertz CT molecular complexity index is 1990. The minimum absolute atomic E-state index is 0.000528. The second kappa shape index (κ2) is 16.4. The molecule has 0 radical (unpaired) electrons. The molecule has 3 heterocycles. The number of amides is 1. The number of aliphatic hydroxyl groups is 2. The highest BCUT2D eigenvalue weighted by molar-refractivity contribution is 6.36.